The second-order valence-corrected chi connectivity index (χ2v) is 20.1. The van der Waals surface area contributed by atoms with Gasteiger partial charge in [-0.25, -0.2) is 27.6 Å². The van der Waals surface area contributed by atoms with Gasteiger partial charge in [-0.1, -0.05) is 45.8 Å². The number of methoxy groups -OCH3 is 1. The van der Waals surface area contributed by atoms with Gasteiger partial charge in [-0.3, -0.25) is 19.1 Å². The highest BCUT2D eigenvalue weighted by atomic mass is 32.2. The number of alkyl halides is 1. The molecule has 2 aliphatic carbocycles. The third-order valence-corrected chi connectivity index (χ3v) is 14.1. The number of hydrogen-bond donors (Lipinski definition) is 3. The molecule has 6 atom stereocenters. The lowest BCUT2D eigenvalue weighted by atomic mass is 9.86. The highest BCUT2D eigenvalue weighted by Gasteiger charge is 2.64. The Bertz CT molecular complexity index is 2120. The number of nitrogens with zero attached hydrogens (tertiary/aromatic N) is 3. The Morgan fingerprint density at radius 1 is 1.11 bits per heavy atom. The van der Waals surface area contributed by atoms with E-state index in [-0.39, 0.29) is 67.0 Å². The second-order valence-electron chi connectivity index (χ2n) is 17.9. The summed E-state index contributed by atoms with van der Waals surface area (Å²) in [7, 11) is -2.59. The number of hydrogen-bond acceptors (Lipinski definition) is 11. The van der Waals surface area contributed by atoms with Crippen molar-refractivity contribution in [2.45, 2.75) is 133 Å². The fourth-order valence-electron chi connectivity index (χ4n) is 8.15. The summed E-state index contributed by atoms with van der Waals surface area (Å²) in [6.07, 6.45) is 4.81. The van der Waals surface area contributed by atoms with Crippen molar-refractivity contribution in [3.63, 3.8) is 0 Å². The number of amides is 4. The molecule has 1 saturated heterocycles. The molecule has 5 heterocycles. The van der Waals surface area contributed by atoms with Crippen LogP contribution in [0.1, 0.15) is 109 Å². The Hall–Kier alpha value is -4.54. The topological polar surface area (TPSA) is 195 Å². The minimum atomic E-state index is -4.04. The highest BCUT2D eigenvalue weighted by Crippen LogP contribution is 2.51. The zero-order valence-electron chi connectivity index (χ0n) is 33.4. The summed E-state index contributed by atoms with van der Waals surface area (Å²) in [5.41, 5.74) is -2.06. The molecule has 0 aromatic carbocycles. The maximum atomic E-state index is 16.8. The quantitative estimate of drug-likeness (QED) is 0.345. The number of aromatic nitrogens is 2. The van der Waals surface area contributed by atoms with Crippen LogP contribution in [-0.2, 0) is 29.1 Å². The number of rotatable bonds is 6. The number of alkyl carbamates (subject to hydrolysis) is 1. The lowest BCUT2D eigenvalue weighted by Gasteiger charge is -2.38. The van der Waals surface area contributed by atoms with E-state index in [1.165, 1.54) is 12.0 Å². The number of ether oxygens (including phenoxy) is 3. The molecule has 2 aromatic rings. The minimum Gasteiger partial charge on any atom is -0.483 e. The summed E-state index contributed by atoms with van der Waals surface area (Å²) in [6.45, 7) is 8.84. The first-order valence-corrected chi connectivity index (χ1v) is 21.3. The molecular formula is C40H53FN6O9S. The smallest absolute Gasteiger partial charge is 0.407 e. The first-order valence-electron chi connectivity index (χ1n) is 19.8. The normalized spacial score (nSPS) is 30.3. The maximum Gasteiger partial charge on any atom is 0.407 e. The SMILES string of the molecule is COc1ccc2nc(C)c3c(c2n1)[C@H](F)C[C@]1(C[C@H]2C(=O)N[C@]4(C(=O)NS(=O)(=O)C5(C)CC5)C[C@H]4/C=C\CCCCC[C@H](NC(=O)OCC(C)(C)C)C(=O)N2C1)O3. The molecule has 3 N–H and O–H groups in total. The predicted molar refractivity (Wildman–Crippen MR) is 206 cm³/mol. The van der Waals surface area contributed by atoms with Crippen molar-refractivity contribution in [2.24, 2.45) is 11.3 Å². The number of allylic oxidation sites excluding steroid dienone is 1. The van der Waals surface area contributed by atoms with Crippen LogP contribution in [0.4, 0.5) is 9.18 Å². The maximum absolute atomic E-state index is 16.8. The standard InChI is InChI=1S/C40H53FN6O9S/c1-23-32-30(31-26(42-23)14-15-29(44-31)54-6)25(41)19-39(56-32)20-28-33(48)45-40(35(50)46-57(52,53)38(5)16-17-38)18-24(40)12-10-8-7-9-11-13-27(34(49)47(28)21-39)43-36(51)55-22-37(2,3)4/h10,12,14-15,24-25,27-28H,7-9,11,13,16-22H2,1-6H3,(H,43,51)(H,45,48)(H,46,50)/b12-10-/t24-,25-,27+,28+,39-,40-/m1/s1. The zero-order valence-corrected chi connectivity index (χ0v) is 34.2. The number of aryl methyl sites for hydroxylation is 1. The van der Waals surface area contributed by atoms with Crippen molar-refractivity contribution in [1.29, 1.82) is 0 Å². The number of sulfonamides is 1. The fourth-order valence-corrected chi connectivity index (χ4v) is 9.46. The van der Waals surface area contributed by atoms with E-state index in [9.17, 15) is 27.6 Å². The van der Waals surface area contributed by atoms with Gasteiger partial charge in [0.1, 0.15) is 40.7 Å². The molecule has 2 aromatic heterocycles. The van der Waals surface area contributed by atoms with E-state index in [1.54, 1.807) is 26.0 Å². The molecule has 310 valence electrons. The summed E-state index contributed by atoms with van der Waals surface area (Å²) < 4.78 is 61.8. The van der Waals surface area contributed by atoms with Gasteiger partial charge in [0.25, 0.3) is 5.91 Å². The highest BCUT2D eigenvalue weighted by molar-refractivity contribution is 7.91. The van der Waals surface area contributed by atoms with Gasteiger partial charge in [0.05, 0.1) is 41.8 Å². The zero-order chi connectivity index (χ0) is 41.1. The van der Waals surface area contributed by atoms with E-state index in [0.29, 0.717) is 43.3 Å². The van der Waals surface area contributed by atoms with Crippen LogP contribution < -0.4 is 24.8 Å². The van der Waals surface area contributed by atoms with E-state index < -0.39 is 73.9 Å². The Labute approximate surface area is 332 Å². The van der Waals surface area contributed by atoms with Gasteiger partial charge < -0.3 is 29.7 Å². The van der Waals surface area contributed by atoms with Crippen LogP contribution in [0.15, 0.2) is 24.3 Å². The first-order chi connectivity index (χ1) is 26.8. The van der Waals surface area contributed by atoms with Crippen molar-refractivity contribution in [3.8, 4) is 11.6 Å². The fraction of sp³-hybridized carbons (Fsp3) is 0.650. The third-order valence-electron chi connectivity index (χ3n) is 11.9. The predicted octanol–water partition coefficient (Wildman–Crippen LogP) is 4.61. The number of fused-ring (bicyclic) bond motifs is 5. The first kappa shape index (κ1) is 40.6. The van der Waals surface area contributed by atoms with E-state index >= 15 is 4.39 Å². The Morgan fingerprint density at radius 2 is 1.86 bits per heavy atom. The van der Waals surface area contributed by atoms with E-state index in [1.807, 2.05) is 32.9 Å². The molecule has 17 heteroatoms. The summed E-state index contributed by atoms with van der Waals surface area (Å²) in [5, 5.41) is 5.59. The van der Waals surface area contributed by atoms with Crippen LogP contribution in [0, 0.1) is 18.3 Å². The number of pyridine rings is 2. The van der Waals surface area contributed by atoms with Crippen LogP contribution >= 0.6 is 0 Å². The Kier molecular flexibility index (Phi) is 10.5. The van der Waals surface area contributed by atoms with Crippen LogP contribution in [0.3, 0.4) is 0 Å². The Morgan fingerprint density at radius 3 is 2.56 bits per heavy atom. The molecule has 3 aliphatic heterocycles. The van der Waals surface area contributed by atoms with E-state index in [2.05, 4.69) is 25.3 Å². The molecule has 57 heavy (non-hydrogen) atoms. The molecule has 5 aliphatic rings. The molecule has 2 saturated carbocycles. The van der Waals surface area contributed by atoms with Crippen LogP contribution in [-0.4, -0.2) is 95.3 Å². The van der Waals surface area contributed by atoms with Crippen molar-refractivity contribution in [3.05, 3.63) is 35.5 Å². The van der Waals surface area contributed by atoms with Gasteiger partial charge in [-0.2, -0.15) is 0 Å². The van der Waals surface area contributed by atoms with Gasteiger partial charge in [0.2, 0.25) is 27.7 Å². The molecule has 0 bridgehead atoms. The summed E-state index contributed by atoms with van der Waals surface area (Å²) in [5.74, 6) is -2.25. The van der Waals surface area contributed by atoms with Crippen molar-refractivity contribution >= 4 is 44.9 Å². The third kappa shape index (κ3) is 8.00. The van der Waals surface area contributed by atoms with Gasteiger partial charge in [-0.15, -0.1) is 0 Å². The molecule has 1 spiro atoms. The molecular weight excluding hydrogens is 760 g/mol. The van der Waals surface area contributed by atoms with Gasteiger partial charge in [0.15, 0.2) is 0 Å². The molecule has 0 radical (unpaired) electrons. The van der Waals surface area contributed by atoms with Gasteiger partial charge in [-0.05, 0) is 63.9 Å². The average Bonchev–Trinajstić information content (AvgIpc) is 4.03. The summed E-state index contributed by atoms with van der Waals surface area (Å²) in [4.78, 5) is 66.8. The van der Waals surface area contributed by atoms with Crippen molar-refractivity contribution in [1.82, 2.24) is 30.2 Å². The largest absolute Gasteiger partial charge is 0.483 e. The molecule has 7 rings (SSSR count). The molecule has 0 unspecified atom stereocenters. The summed E-state index contributed by atoms with van der Waals surface area (Å²) in [6, 6.07) is 0.929. The number of nitrogens with one attached hydrogen (secondary N) is 3. The molecule has 4 amide bonds. The number of carbonyl (C=O) groups excluding carboxylic acids is 4. The monoisotopic (exact) mass is 812 g/mol. The van der Waals surface area contributed by atoms with Crippen LogP contribution in [0.2, 0.25) is 0 Å². The molecule has 3 fully saturated rings. The van der Waals surface area contributed by atoms with E-state index in [4.69, 9.17) is 14.2 Å². The number of halogens is 1. The lowest BCUT2D eigenvalue weighted by Crippen LogP contribution is -2.58. The second kappa shape index (κ2) is 14.7. The van der Waals surface area contributed by atoms with Crippen molar-refractivity contribution in [2.75, 3.05) is 20.3 Å². The summed E-state index contributed by atoms with van der Waals surface area (Å²) >= 11 is 0. The van der Waals surface area contributed by atoms with Gasteiger partial charge >= 0.3 is 6.09 Å². The minimum absolute atomic E-state index is 0.0953. The van der Waals surface area contributed by atoms with Crippen LogP contribution in [0.5, 0.6) is 11.6 Å². The molecule has 15 nitrogen and oxygen atoms in total. The lowest BCUT2D eigenvalue weighted by molar-refractivity contribution is -0.141. The average molecular weight is 813 g/mol. The Balaban J connectivity index is 1.25. The van der Waals surface area contributed by atoms with E-state index in [0.717, 1.165) is 6.42 Å². The van der Waals surface area contributed by atoms with Crippen LogP contribution in [0.25, 0.3) is 11.0 Å². The van der Waals surface area contributed by atoms with Crippen molar-refractivity contribution < 1.29 is 46.2 Å². The van der Waals surface area contributed by atoms with Gasteiger partial charge in [0, 0.05) is 24.8 Å². The number of carbonyl (C=O) groups is 4.